The molecule has 1 atom stereocenters. The number of nitrogens with one attached hydrogen (secondary N) is 1. The number of rotatable bonds is 3. The zero-order valence-corrected chi connectivity index (χ0v) is 14.2. The van der Waals surface area contributed by atoms with Gasteiger partial charge in [0.1, 0.15) is 11.9 Å². The lowest BCUT2D eigenvalue weighted by Gasteiger charge is -2.32. The van der Waals surface area contributed by atoms with Crippen molar-refractivity contribution in [2.45, 2.75) is 26.8 Å². The molecule has 2 aromatic carbocycles. The van der Waals surface area contributed by atoms with E-state index in [9.17, 15) is 5.26 Å². The van der Waals surface area contributed by atoms with E-state index >= 15 is 0 Å². The fourth-order valence-corrected chi connectivity index (χ4v) is 2.89. The fourth-order valence-electron chi connectivity index (χ4n) is 2.89. The van der Waals surface area contributed by atoms with Gasteiger partial charge in [-0.15, -0.1) is 0 Å². The van der Waals surface area contributed by atoms with Crippen LogP contribution in [-0.2, 0) is 0 Å². The van der Waals surface area contributed by atoms with E-state index in [1.54, 1.807) is 0 Å². The molecule has 0 radical (unpaired) electrons. The molecular formula is C21H21N3. The Hall–Kier alpha value is -2.86. The van der Waals surface area contributed by atoms with Crippen molar-refractivity contribution in [1.29, 1.82) is 5.26 Å². The molecule has 0 amide bonds. The molecule has 0 saturated carbocycles. The highest BCUT2D eigenvalue weighted by Crippen LogP contribution is 2.36. The highest BCUT2D eigenvalue weighted by molar-refractivity contribution is 5.82. The molecule has 0 fully saturated rings. The predicted octanol–water partition coefficient (Wildman–Crippen LogP) is 5.31. The second-order valence-electron chi connectivity index (χ2n) is 7.04. The first-order valence-electron chi connectivity index (χ1n) is 8.10. The van der Waals surface area contributed by atoms with Gasteiger partial charge in [-0.05, 0) is 23.1 Å². The van der Waals surface area contributed by atoms with E-state index in [4.69, 9.17) is 4.98 Å². The molecule has 1 N–H and O–H groups in total. The molecule has 0 aliphatic rings. The summed E-state index contributed by atoms with van der Waals surface area (Å²) in [6, 6.07) is 22.4. The van der Waals surface area contributed by atoms with Crippen LogP contribution in [0.4, 0.5) is 5.82 Å². The summed E-state index contributed by atoms with van der Waals surface area (Å²) in [6.45, 7) is 6.56. The number of nitrogens with zero attached hydrogens (tertiary/aromatic N) is 2. The molecule has 3 nitrogen and oxygen atoms in total. The van der Waals surface area contributed by atoms with Crippen molar-refractivity contribution in [2.24, 2.45) is 5.41 Å². The Bertz CT molecular complexity index is 886. The third-order valence-corrected chi connectivity index (χ3v) is 4.12. The Labute approximate surface area is 143 Å². The number of aromatic nitrogens is 1. The number of nitriles is 1. The molecule has 0 aliphatic heterocycles. The van der Waals surface area contributed by atoms with E-state index in [2.05, 4.69) is 44.3 Å². The maximum absolute atomic E-state index is 9.53. The minimum atomic E-state index is -0.0264. The second kappa shape index (κ2) is 6.33. The Morgan fingerprint density at radius 1 is 1.00 bits per heavy atom. The van der Waals surface area contributed by atoms with Crippen LogP contribution < -0.4 is 5.32 Å². The van der Waals surface area contributed by atoms with Gasteiger partial charge in [0, 0.05) is 5.39 Å². The van der Waals surface area contributed by atoms with Gasteiger partial charge in [-0.3, -0.25) is 0 Å². The highest BCUT2D eigenvalue weighted by atomic mass is 15.0. The van der Waals surface area contributed by atoms with Gasteiger partial charge in [-0.25, -0.2) is 4.98 Å². The lowest BCUT2D eigenvalue weighted by atomic mass is 9.82. The van der Waals surface area contributed by atoms with Gasteiger partial charge in [-0.1, -0.05) is 69.3 Å². The lowest BCUT2D eigenvalue weighted by Crippen LogP contribution is -2.26. The summed E-state index contributed by atoms with van der Waals surface area (Å²) in [4.78, 5) is 4.69. The molecule has 1 heterocycles. The third kappa shape index (κ3) is 3.23. The van der Waals surface area contributed by atoms with Crippen molar-refractivity contribution in [1.82, 2.24) is 4.98 Å². The quantitative estimate of drug-likeness (QED) is 0.713. The summed E-state index contributed by atoms with van der Waals surface area (Å²) in [5.74, 6) is 0.639. The zero-order chi connectivity index (χ0) is 17.2. The van der Waals surface area contributed by atoms with Crippen LogP contribution in [0.3, 0.4) is 0 Å². The first-order valence-corrected chi connectivity index (χ1v) is 8.10. The summed E-state index contributed by atoms with van der Waals surface area (Å²) in [5, 5.41) is 14.0. The number of anilines is 1. The van der Waals surface area contributed by atoms with Crippen molar-refractivity contribution in [3.05, 3.63) is 71.8 Å². The maximum Gasteiger partial charge on any atom is 0.145 e. The first-order chi connectivity index (χ1) is 11.5. The van der Waals surface area contributed by atoms with E-state index in [0.29, 0.717) is 11.4 Å². The number of fused-ring (bicyclic) bond motifs is 1. The minimum Gasteiger partial charge on any atom is -0.362 e. The summed E-state index contributed by atoms with van der Waals surface area (Å²) < 4.78 is 0. The van der Waals surface area contributed by atoms with Crippen LogP contribution in [-0.4, -0.2) is 4.98 Å². The summed E-state index contributed by atoms with van der Waals surface area (Å²) >= 11 is 0. The van der Waals surface area contributed by atoms with Gasteiger partial charge in [0.05, 0.1) is 17.1 Å². The summed E-state index contributed by atoms with van der Waals surface area (Å²) in [5.41, 5.74) is 2.61. The van der Waals surface area contributed by atoms with Gasteiger partial charge in [0.15, 0.2) is 0 Å². The zero-order valence-electron chi connectivity index (χ0n) is 14.2. The smallest absolute Gasteiger partial charge is 0.145 e. The van der Waals surface area contributed by atoms with Crippen LogP contribution in [0.5, 0.6) is 0 Å². The van der Waals surface area contributed by atoms with Crippen molar-refractivity contribution in [2.75, 3.05) is 5.32 Å². The molecule has 24 heavy (non-hydrogen) atoms. The molecule has 120 valence electrons. The average molecular weight is 315 g/mol. The first kappa shape index (κ1) is 16.0. The summed E-state index contributed by atoms with van der Waals surface area (Å²) in [6.07, 6.45) is 0. The van der Waals surface area contributed by atoms with Crippen LogP contribution in [0.15, 0.2) is 60.7 Å². The van der Waals surface area contributed by atoms with Crippen molar-refractivity contribution >= 4 is 16.7 Å². The number of para-hydroxylation sites is 1. The Kier molecular flexibility index (Phi) is 4.22. The number of hydrogen-bond acceptors (Lipinski definition) is 3. The number of pyridine rings is 1. The minimum absolute atomic E-state index is 0.0264. The standard InChI is InChI=1S/C21H21N3/c1-21(2,3)19(15-9-5-4-6-10-15)24-20-17(14-22)13-16-11-7-8-12-18(16)23-20/h4-13,19H,1-3H3,(H,23,24). The molecule has 0 bridgehead atoms. The van der Waals surface area contributed by atoms with E-state index < -0.39 is 0 Å². The van der Waals surface area contributed by atoms with Crippen molar-refractivity contribution in [3.63, 3.8) is 0 Å². The Balaban J connectivity index is 2.07. The van der Waals surface area contributed by atoms with Crippen LogP contribution >= 0.6 is 0 Å². The average Bonchev–Trinajstić information content (AvgIpc) is 2.58. The molecular weight excluding hydrogens is 294 g/mol. The van der Waals surface area contributed by atoms with Crippen molar-refractivity contribution in [3.8, 4) is 6.07 Å². The Morgan fingerprint density at radius 2 is 1.67 bits per heavy atom. The normalized spacial score (nSPS) is 12.6. The summed E-state index contributed by atoms with van der Waals surface area (Å²) in [7, 11) is 0. The third-order valence-electron chi connectivity index (χ3n) is 4.12. The molecule has 1 aromatic heterocycles. The SMILES string of the molecule is CC(C)(C)C(Nc1nc2ccccc2cc1C#N)c1ccccc1. The topological polar surface area (TPSA) is 48.7 Å². The van der Waals surface area contributed by atoms with E-state index in [-0.39, 0.29) is 11.5 Å². The van der Waals surface area contributed by atoms with Crippen LogP contribution in [0.25, 0.3) is 10.9 Å². The molecule has 1 unspecified atom stereocenters. The molecule has 0 saturated heterocycles. The van der Waals surface area contributed by atoms with Crippen LogP contribution in [0.1, 0.15) is 37.9 Å². The van der Waals surface area contributed by atoms with Gasteiger partial charge >= 0.3 is 0 Å². The van der Waals surface area contributed by atoms with E-state index in [1.807, 2.05) is 48.5 Å². The van der Waals surface area contributed by atoms with Gasteiger partial charge in [0.2, 0.25) is 0 Å². The largest absolute Gasteiger partial charge is 0.362 e. The predicted molar refractivity (Wildman–Crippen MR) is 98.7 cm³/mol. The highest BCUT2D eigenvalue weighted by Gasteiger charge is 2.27. The molecule has 3 heteroatoms. The van der Waals surface area contributed by atoms with Gasteiger partial charge in [0.25, 0.3) is 0 Å². The fraction of sp³-hybridized carbons (Fsp3) is 0.238. The van der Waals surface area contributed by atoms with Crippen LogP contribution in [0.2, 0.25) is 0 Å². The maximum atomic E-state index is 9.53. The monoisotopic (exact) mass is 315 g/mol. The number of hydrogen-bond donors (Lipinski definition) is 1. The van der Waals surface area contributed by atoms with Gasteiger partial charge in [-0.2, -0.15) is 5.26 Å². The van der Waals surface area contributed by atoms with E-state index in [0.717, 1.165) is 10.9 Å². The van der Waals surface area contributed by atoms with E-state index in [1.165, 1.54) is 5.56 Å². The molecule has 0 spiro atoms. The lowest BCUT2D eigenvalue weighted by molar-refractivity contribution is 0.347. The molecule has 3 rings (SSSR count). The van der Waals surface area contributed by atoms with Crippen LogP contribution in [0, 0.1) is 16.7 Å². The Morgan fingerprint density at radius 3 is 2.33 bits per heavy atom. The van der Waals surface area contributed by atoms with Crippen molar-refractivity contribution < 1.29 is 0 Å². The second-order valence-corrected chi connectivity index (χ2v) is 7.04. The molecule has 3 aromatic rings. The van der Waals surface area contributed by atoms with Gasteiger partial charge < -0.3 is 5.32 Å². The molecule has 0 aliphatic carbocycles. The number of benzene rings is 2.